The van der Waals surface area contributed by atoms with Gasteiger partial charge in [-0.1, -0.05) is 0 Å². The number of methoxy groups -OCH3 is 1. The Morgan fingerprint density at radius 2 is 1.07 bits per heavy atom. The maximum absolute atomic E-state index is 11.6. The average Bonchev–Trinajstić information content (AvgIpc) is 2.67. The van der Waals surface area contributed by atoms with Gasteiger partial charge in [0.1, 0.15) is 45.1 Å². The molecular formula is C18H30O12. The molecule has 0 spiro atoms. The summed E-state index contributed by atoms with van der Waals surface area (Å²) in [5.74, 6) is -1.78. The summed E-state index contributed by atoms with van der Waals surface area (Å²) < 4.78 is 33.5. The number of esters is 2. The molecule has 0 aliphatic rings. The largest absolute Gasteiger partial charge is 0.508 e. The molecular weight excluding hydrogens is 408 g/mol. The fourth-order valence-corrected chi connectivity index (χ4v) is 1.55. The average molecular weight is 438 g/mol. The van der Waals surface area contributed by atoms with E-state index in [9.17, 15) is 19.2 Å². The number of aliphatic hydroxyl groups is 1. The van der Waals surface area contributed by atoms with Gasteiger partial charge < -0.3 is 38.3 Å². The van der Waals surface area contributed by atoms with Crippen molar-refractivity contribution in [3.8, 4) is 0 Å². The summed E-state index contributed by atoms with van der Waals surface area (Å²) in [6, 6.07) is 0. The number of hydrogen-bond donors (Lipinski definition) is 1. The van der Waals surface area contributed by atoms with E-state index in [1.54, 1.807) is 6.92 Å². The van der Waals surface area contributed by atoms with Crippen LogP contribution in [0.15, 0.2) is 0 Å². The van der Waals surface area contributed by atoms with Gasteiger partial charge in [-0.15, -0.1) is 0 Å². The number of carbonyl (C=O) groups excluding carboxylic acids is 4. The molecule has 0 aromatic carbocycles. The molecule has 174 valence electrons. The number of aliphatic hydroxyl groups excluding tert-OH is 1. The first kappa shape index (κ1) is 27.4. The molecule has 0 aromatic rings. The lowest BCUT2D eigenvalue weighted by Crippen LogP contribution is -2.27. The quantitative estimate of drug-likeness (QED) is 0.247. The van der Waals surface area contributed by atoms with Gasteiger partial charge in [0.15, 0.2) is 0 Å². The van der Waals surface area contributed by atoms with Gasteiger partial charge in [-0.2, -0.15) is 0 Å². The molecule has 4 unspecified atom stereocenters. The Kier molecular flexibility index (Phi) is 13.9. The van der Waals surface area contributed by atoms with E-state index in [1.165, 1.54) is 27.9 Å². The zero-order valence-electron chi connectivity index (χ0n) is 17.8. The lowest BCUT2D eigenvalue weighted by Gasteiger charge is -2.15. The molecule has 0 rings (SSSR count). The van der Waals surface area contributed by atoms with Gasteiger partial charge in [0.05, 0.1) is 12.2 Å². The van der Waals surface area contributed by atoms with Crippen LogP contribution in [-0.2, 0) is 42.7 Å². The van der Waals surface area contributed by atoms with Crippen molar-refractivity contribution in [2.24, 2.45) is 0 Å². The second-order valence-electron chi connectivity index (χ2n) is 6.42. The standard InChI is InChI=1S/C18H30O12/c1-11(19)7-27-17(22)29-13(3)9-25-15(20)6-16(21)26-10-14(4)30-18(23)28-8-12(2)24-5/h11-14,19H,6-10H2,1-5H3. The highest BCUT2D eigenvalue weighted by Crippen LogP contribution is 2.01. The van der Waals surface area contributed by atoms with Crippen molar-refractivity contribution < 1.29 is 57.4 Å². The summed E-state index contributed by atoms with van der Waals surface area (Å²) in [6.07, 6.45) is -5.40. The van der Waals surface area contributed by atoms with E-state index in [4.69, 9.17) is 33.5 Å². The lowest BCUT2D eigenvalue weighted by molar-refractivity contribution is -0.158. The number of ether oxygens (including phenoxy) is 7. The lowest BCUT2D eigenvalue weighted by atomic mass is 10.4. The topological polar surface area (TPSA) is 153 Å². The Balaban J connectivity index is 3.98. The Hall–Kier alpha value is -2.60. The minimum atomic E-state index is -1.02. The Morgan fingerprint density at radius 3 is 1.47 bits per heavy atom. The highest BCUT2D eigenvalue weighted by Gasteiger charge is 2.19. The van der Waals surface area contributed by atoms with Crippen LogP contribution in [0.25, 0.3) is 0 Å². The molecule has 0 heterocycles. The monoisotopic (exact) mass is 438 g/mol. The summed E-state index contributed by atoms with van der Waals surface area (Å²) in [6.45, 7) is 5.24. The smallest absolute Gasteiger partial charge is 0.461 e. The molecule has 12 heteroatoms. The predicted molar refractivity (Wildman–Crippen MR) is 98.5 cm³/mol. The third-order valence-corrected chi connectivity index (χ3v) is 3.12. The van der Waals surface area contributed by atoms with E-state index >= 15 is 0 Å². The van der Waals surface area contributed by atoms with Crippen molar-refractivity contribution in [3.05, 3.63) is 0 Å². The van der Waals surface area contributed by atoms with Gasteiger partial charge in [-0.25, -0.2) is 9.59 Å². The summed E-state index contributed by atoms with van der Waals surface area (Å²) in [4.78, 5) is 45.9. The van der Waals surface area contributed by atoms with Gasteiger partial charge >= 0.3 is 24.2 Å². The van der Waals surface area contributed by atoms with E-state index in [2.05, 4.69) is 4.74 Å². The van der Waals surface area contributed by atoms with Crippen LogP contribution in [0.2, 0.25) is 0 Å². The molecule has 12 nitrogen and oxygen atoms in total. The van der Waals surface area contributed by atoms with Crippen molar-refractivity contribution in [1.82, 2.24) is 0 Å². The van der Waals surface area contributed by atoms with E-state index in [0.717, 1.165) is 0 Å². The molecule has 0 fully saturated rings. The van der Waals surface area contributed by atoms with Crippen molar-refractivity contribution in [2.45, 2.75) is 58.5 Å². The van der Waals surface area contributed by atoms with Crippen LogP contribution in [0, 0.1) is 0 Å². The SMILES string of the molecule is COC(C)COC(=O)OC(C)COC(=O)CC(=O)OCC(C)OC(=O)OCC(C)O. The van der Waals surface area contributed by atoms with Crippen LogP contribution in [-0.4, -0.2) is 87.3 Å². The van der Waals surface area contributed by atoms with Gasteiger partial charge in [-0.3, -0.25) is 9.59 Å². The van der Waals surface area contributed by atoms with Crippen LogP contribution >= 0.6 is 0 Å². The van der Waals surface area contributed by atoms with Gasteiger partial charge in [0.25, 0.3) is 0 Å². The first-order valence-electron chi connectivity index (χ1n) is 9.22. The minimum Gasteiger partial charge on any atom is -0.461 e. The normalized spacial score (nSPS) is 14.5. The fraction of sp³-hybridized carbons (Fsp3) is 0.778. The molecule has 0 aliphatic heterocycles. The second kappa shape index (κ2) is 15.3. The van der Waals surface area contributed by atoms with E-state index in [0.29, 0.717) is 0 Å². The molecule has 0 radical (unpaired) electrons. The summed E-state index contributed by atoms with van der Waals surface area (Å²) >= 11 is 0. The van der Waals surface area contributed by atoms with Crippen molar-refractivity contribution in [3.63, 3.8) is 0 Å². The minimum absolute atomic E-state index is 0.00803. The highest BCUT2D eigenvalue weighted by molar-refractivity contribution is 5.91. The molecule has 0 bridgehead atoms. The van der Waals surface area contributed by atoms with Crippen LogP contribution in [0.1, 0.15) is 34.1 Å². The summed E-state index contributed by atoms with van der Waals surface area (Å²) in [7, 11) is 1.47. The fourth-order valence-electron chi connectivity index (χ4n) is 1.55. The maximum Gasteiger partial charge on any atom is 0.508 e. The Bertz CT molecular complexity index is 547. The molecule has 0 amide bonds. The molecule has 4 atom stereocenters. The van der Waals surface area contributed by atoms with Gasteiger partial charge in [-0.05, 0) is 27.7 Å². The summed E-state index contributed by atoms with van der Waals surface area (Å²) in [5.41, 5.74) is 0. The second-order valence-corrected chi connectivity index (χ2v) is 6.42. The maximum atomic E-state index is 11.6. The van der Waals surface area contributed by atoms with E-state index in [1.807, 2.05) is 0 Å². The highest BCUT2D eigenvalue weighted by atomic mass is 16.7. The van der Waals surface area contributed by atoms with E-state index < -0.39 is 49.0 Å². The van der Waals surface area contributed by atoms with Crippen molar-refractivity contribution in [2.75, 3.05) is 33.5 Å². The van der Waals surface area contributed by atoms with Crippen molar-refractivity contribution >= 4 is 24.2 Å². The first-order chi connectivity index (χ1) is 14.0. The first-order valence-corrected chi connectivity index (χ1v) is 9.22. The Morgan fingerprint density at radius 1 is 0.667 bits per heavy atom. The van der Waals surface area contributed by atoms with Gasteiger partial charge in [0.2, 0.25) is 0 Å². The predicted octanol–water partition coefficient (Wildman–Crippen LogP) is 0.962. The third kappa shape index (κ3) is 15.3. The zero-order chi connectivity index (χ0) is 23.1. The molecule has 0 aliphatic carbocycles. The molecule has 0 aromatic heterocycles. The van der Waals surface area contributed by atoms with Gasteiger partial charge in [0, 0.05) is 7.11 Å². The molecule has 0 saturated carbocycles. The number of carbonyl (C=O) groups is 4. The molecule has 1 N–H and O–H groups in total. The Labute approximate surface area is 174 Å². The number of rotatable bonds is 13. The van der Waals surface area contributed by atoms with Crippen LogP contribution in [0.3, 0.4) is 0 Å². The van der Waals surface area contributed by atoms with Crippen LogP contribution in [0.5, 0.6) is 0 Å². The molecule has 30 heavy (non-hydrogen) atoms. The van der Waals surface area contributed by atoms with Crippen LogP contribution < -0.4 is 0 Å². The van der Waals surface area contributed by atoms with Crippen LogP contribution in [0.4, 0.5) is 9.59 Å². The number of hydrogen-bond acceptors (Lipinski definition) is 12. The zero-order valence-corrected chi connectivity index (χ0v) is 17.8. The molecule has 0 saturated heterocycles. The summed E-state index contributed by atoms with van der Waals surface area (Å²) in [5, 5.41) is 8.99. The van der Waals surface area contributed by atoms with E-state index in [-0.39, 0.29) is 32.5 Å². The third-order valence-electron chi connectivity index (χ3n) is 3.12. The van der Waals surface area contributed by atoms with Crippen molar-refractivity contribution in [1.29, 1.82) is 0 Å².